The molecule has 0 amide bonds. The van der Waals surface area contributed by atoms with E-state index in [1.165, 1.54) is 0 Å². The minimum absolute atomic E-state index is 0.0431. The van der Waals surface area contributed by atoms with Gasteiger partial charge in [0.25, 0.3) is 0 Å². The number of hydrogen-bond acceptors (Lipinski definition) is 3. The van der Waals surface area contributed by atoms with Gasteiger partial charge in [-0.1, -0.05) is 6.92 Å². The van der Waals surface area contributed by atoms with Crippen LogP contribution in [0.25, 0.3) is 0 Å². The smallest absolute Gasteiger partial charge is 0.149 e. The second-order valence-electron chi connectivity index (χ2n) is 3.83. The number of ketones is 1. The van der Waals surface area contributed by atoms with Crippen molar-refractivity contribution in [1.29, 1.82) is 0 Å². The molecule has 0 aromatic carbocycles. The fourth-order valence-corrected chi connectivity index (χ4v) is 1.86. The molecule has 1 fully saturated rings. The molecule has 3 nitrogen and oxygen atoms in total. The molecule has 2 unspecified atom stereocenters. The van der Waals surface area contributed by atoms with Crippen LogP contribution in [0.4, 0.5) is 0 Å². The molecule has 3 heteroatoms. The van der Waals surface area contributed by atoms with Gasteiger partial charge in [-0.3, -0.25) is 9.69 Å². The van der Waals surface area contributed by atoms with Crippen LogP contribution in [0.15, 0.2) is 0 Å². The summed E-state index contributed by atoms with van der Waals surface area (Å²) in [4.78, 5) is 13.6. The minimum Gasteiger partial charge on any atom is -0.396 e. The van der Waals surface area contributed by atoms with Gasteiger partial charge >= 0.3 is 0 Å². The van der Waals surface area contributed by atoms with Crippen molar-refractivity contribution < 1.29 is 9.90 Å². The summed E-state index contributed by atoms with van der Waals surface area (Å²) in [7, 11) is 0. The third-order valence-corrected chi connectivity index (χ3v) is 2.94. The number of hydrogen-bond donors (Lipinski definition) is 1. The molecule has 1 saturated heterocycles. The maximum atomic E-state index is 11.4. The first-order valence-electron chi connectivity index (χ1n) is 5.06. The van der Waals surface area contributed by atoms with Crippen LogP contribution in [0.3, 0.4) is 0 Å². The highest BCUT2D eigenvalue weighted by molar-refractivity contribution is 5.83. The third-order valence-electron chi connectivity index (χ3n) is 2.94. The predicted octanol–water partition coefficient (Wildman–Crippen LogP) is 0.668. The molecule has 0 aromatic rings. The van der Waals surface area contributed by atoms with Crippen molar-refractivity contribution in [3.63, 3.8) is 0 Å². The molecule has 1 aliphatic heterocycles. The highest BCUT2D eigenvalue weighted by Crippen LogP contribution is 2.18. The van der Waals surface area contributed by atoms with Crippen LogP contribution in [0.5, 0.6) is 0 Å². The Bertz CT molecular complexity index is 182. The Balaban J connectivity index is 2.41. The Morgan fingerprint density at radius 2 is 2.38 bits per heavy atom. The minimum atomic E-state index is 0.0431. The molecular formula is C10H19NO2. The molecule has 1 rings (SSSR count). The van der Waals surface area contributed by atoms with Crippen LogP contribution in [0.1, 0.15) is 26.7 Å². The lowest BCUT2D eigenvalue weighted by Crippen LogP contribution is -2.37. The molecule has 13 heavy (non-hydrogen) atoms. The first kappa shape index (κ1) is 10.7. The normalized spacial score (nSPS) is 26.2. The summed E-state index contributed by atoms with van der Waals surface area (Å²) in [5, 5.41) is 8.95. The first-order chi connectivity index (χ1) is 6.19. The molecule has 2 atom stereocenters. The molecule has 0 bridgehead atoms. The zero-order valence-electron chi connectivity index (χ0n) is 8.49. The van der Waals surface area contributed by atoms with Crippen molar-refractivity contribution in [3.8, 4) is 0 Å². The van der Waals surface area contributed by atoms with Crippen LogP contribution >= 0.6 is 0 Å². The lowest BCUT2D eigenvalue weighted by molar-refractivity contribution is -0.123. The average Bonchev–Trinajstić information content (AvgIpc) is 2.63. The van der Waals surface area contributed by atoms with Gasteiger partial charge in [-0.2, -0.15) is 0 Å². The lowest BCUT2D eigenvalue weighted by atomic mass is 10.1. The van der Waals surface area contributed by atoms with Crippen LogP contribution in [-0.2, 0) is 4.79 Å². The number of likely N-dealkylation sites (tertiary alicyclic amines) is 1. The summed E-state index contributed by atoms with van der Waals surface area (Å²) >= 11 is 0. The van der Waals surface area contributed by atoms with Crippen molar-refractivity contribution in [3.05, 3.63) is 0 Å². The van der Waals surface area contributed by atoms with E-state index in [-0.39, 0.29) is 12.6 Å². The number of aliphatic hydroxyl groups is 1. The third kappa shape index (κ3) is 2.51. The van der Waals surface area contributed by atoms with Crippen molar-refractivity contribution in [2.24, 2.45) is 5.92 Å². The van der Waals surface area contributed by atoms with E-state index in [0.29, 0.717) is 18.1 Å². The molecule has 0 aliphatic carbocycles. The van der Waals surface area contributed by atoms with E-state index in [1.807, 2.05) is 13.8 Å². The Morgan fingerprint density at radius 3 is 2.85 bits per heavy atom. The first-order valence-corrected chi connectivity index (χ1v) is 5.06. The quantitative estimate of drug-likeness (QED) is 0.699. The van der Waals surface area contributed by atoms with E-state index in [2.05, 4.69) is 4.90 Å². The maximum Gasteiger partial charge on any atom is 0.149 e. The van der Waals surface area contributed by atoms with E-state index < -0.39 is 0 Å². The highest BCUT2D eigenvalue weighted by atomic mass is 16.3. The van der Waals surface area contributed by atoms with Crippen molar-refractivity contribution >= 4 is 5.78 Å². The molecule has 0 spiro atoms. The lowest BCUT2D eigenvalue weighted by Gasteiger charge is -2.22. The molecule has 0 radical (unpaired) electrons. The SMILES string of the molecule is CCC(=O)C(C)N1CCC(CO)C1. The number of Topliss-reactive ketones (excluding diaryl/α,β-unsaturated/α-hetero) is 1. The predicted molar refractivity (Wildman–Crippen MR) is 51.5 cm³/mol. The van der Waals surface area contributed by atoms with Gasteiger partial charge < -0.3 is 5.11 Å². The van der Waals surface area contributed by atoms with Gasteiger partial charge in [0.15, 0.2) is 0 Å². The molecule has 76 valence electrons. The highest BCUT2D eigenvalue weighted by Gasteiger charge is 2.27. The van der Waals surface area contributed by atoms with Gasteiger partial charge in [-0.05, 0) is 25.8 Å². The number of nitrogens with zero attached hydrogens (tertiary/aromatic N) is 1. The summed E-state index contributed by atoms with van der Waals surface area (Å²) in [6.07, 6.45) is 1.64. The van der Waals surface area contributed by atoms with Gasteiger partial charge in [0.2, 0.25) is 0 Å². The number of aliphatic hydroxyl groups excluding tert-OH is 1. The summed E-state index contributed by atoms with van der Waals surface area (Å²) in [5.74, 6) is 0.686. The summed E-state index contributed by atoms with van der Waals surface area (Å²) < 4.78 is 0. The van der Waals surface area contributed by atoms with E-state index in [0.717, 1.165) is 19.5 Å². The summed E-state index contributed by atoms with van der Waals surface area (Å²) in [5.41, 5.74) is 0. The molecule has 0 aromatic heterocycles. The molecule has 1 aliphatic rings. The Labute approximate surface area is 79.7 Å². The Hall–Kier alpha value is -0.410. The maximum absolute atomic E-state index is 11.4. The van der Waals surface area contributed by atoms with Gasteiger partial charge in [0.05, 0.1) is 6.04 Å². The van der Waals surface area contributed by atoms with Gasteiger partial charge in [-0.25, -0.2) is 0 Å². The number of carbonyl (C=O) groups is 1. The van der Waals surface area contributed by atoms with Crippen molar-refractivity contribution in [2.75, 3.05) is 19.7 Å². The van der Waals surface area contributed by atoms with Crippen molar-refractivity contribution in [2.45, 2.75) is 32.7 Å². The summed E-state index contributed by atoms with van der Waals surface area (Å²) in [6, 6.07) is 0.0431. The van der Waals surface area contributed by atoms with Crippen LogP contribution in [0.2, 0.25) is 0 Å². The zero-order chi connectivity index (χ0) is 9.84. The van der Waals surface area contributed by atoms with Crippen molar-refractivity contribution in [1.82, 2.24) is 4.90 Å². The van der Waals surface area contributed by atoms with Gasteiger partial charge in [0.1, 0.15) is 5.78 Å². The Kier molecular flexibility index (Phi) is 3.88. The summed E-state index contributed by atoms with van der Waals surface area (Å²) in [6.45, 7) is 5.95. The standard InChI is InChI=1S/C10H19NO2/c1-3-10(13)8(2)11-5-4-9(6-11)7-12/h8-9,12H,3-7H2,1-2H3. The number of rotatable bonds is 4. The van der Waals surface area contributed by atoms with Crippen LogP contribution in [-0.4, -0.2) is 41.5 Å². The fraction of sp³-hybridized carbons (Fsp3) is 0.900. The molecular weight excluding hydrogens is 166 g/mol. The number of carbonyl (C=O) groups excluding carboxylic acids is 1. The average molecular weight is 185 g/mol. The van der Waals surface area contributed by atoms with Crippen LogP contribution in [0, 0.1) is 5.92 Å². The second-order valence-corrected chi connectivity index (χ2v) is 3.83. The van der Waals surface area contributed by atoms with Gasteiger partial charge in [-0.15, -0.1) is 0 Å². The molecule has 1 heterocycles. The van der Waals surface area contributed by atoms with E-state index in [4.69, 9.17) is 5.11 Å². The Morgan fingerprint density at radius 1 is 1.69 bits per heavy atom. The zero-order valence-corrected chi connectivity index (χ0v) is 8.49. The van der Waals surface area contributed by atoms with Crippen LogP contribution < -0.4 is 0 Å². The topological polar surface area (TPSA) is 40.5 Å². The largest absolute Gasteiger partial charge is 0.396 e. The second kappa shape index (κ2) is 4.72. The molecule has 1 N–H and O–H groups in total. The van der Waals surface area contributed by atoms with E-state index in [9.17, 15) is 4.79 Å². The van der Waals surface area contributed by atoms with Gasteiger partial charge in [0, 0.05) is 19.6 Å². The fourth-order valence-electron chi connectivity index (χ4n) is 1.86. The monoisotopic (exact) mass is 185 g/mol. The van der Waals surface area contributed by atoms with E-state index >= 15 is 0 Å². The molecule has 0 saturated carbocycles. The van der Waals surface area contributed by atoms with E-state index in [1.54, 1.807) is 0 Å².